The molecule has 2 N–H and O–H groups in total. The van der Waals surface area contributed by atoms with Crippen molar-refractivity contribution in [3.8, 4) is 11.3 Å². The molecule has 278 valence electrons. The Balaban J connectivity index is 1.19. The minimum Gasteiger partial charge on any atom is -0.350 e. The van der Waals surface area contributed by atoms with Crippen LogP contribution in [0.2, 0.25) is 0 Å². The van der Waals surface area contributed by atoms with E-state index in [0.717, 1.165) is 42.7 Å². The van der Waals surface area contributed by atoms with E-state index in [-0.39, 0.29) is 41.5 Å². The number of hydrogen-bond donors (Lipinski definition) is 2. The van der Waals surface area contributed by atoms with Crippen LogP contribution in [0.5, 0.6) is 0 Å². The molecule has 12 heteroatoms. The fourth-order valence-electron chi connectivity index (χ4n) is 8.76. The van der Waals surface area contributed by atoms with Crippen LogP contribution in [-0.2, 0) is 15.0 Å². The van der Waals surface area contributed by atoms with Gasteiger partial charge < -0.3 is 29.9 Å². The first-order chi connectivity index (χ1) is 25.3. The number of likely N-dealkylation sites (tertiary alicyclic amines) is 2. The van der Waals surface area contributed by atoms with Crippen LogP contribution in [0.1, 0.15) is 94.2 Å². The first-order valence-corrected chi connectivity index (χ1v) is 19.1. The Morgan fingerprint density at radius 1 is 0.981 bits per heavy atom. The van der Waals surface area contributed by atoms with Gasteiger partial charge in [0.15, 0.2) is 5.82 Å². The lowest BCUT2D eigenvalue weighted by molar-refractivity contribution is -0.142. The molecule has 4 aliphatic rings. The predicted octanol–water partition coefficient (Wildman–Crippen LogP) is 6.47. The Kier molecular flexibility index (Phi) is 8.79. The zero-order chi connectivity index (χ0) is 37.3. The van der Waals surface area contributed by atoms with E-state index in [2.05, 4.69) is 21.6 Å². The van der Waals surface area contributed by atoms with Crippen molar-refractivity contribution in [1.82, 2.24) is 29.7 Å². The number of anilines is 3. The van der Waals surface area contributed by atoms with Crippen molar-refractivity contribution >= 4 is 45.9 Å². The summed E-state index contributed by atoms with van der Waals surface area (Å²) < 4.78 is 17.6. The van der Waals surface area contributed by atoms with Crippen LogP contribution in [0, 0.1) is 12.7 Å². The van der Waals surface area contributed by atoms with Gasteiger partial charge in [-0.05, 0) is 109 Å². The fraction of sp³-hybridized carbons (Fsp3) is 0.488. The van der Waals surface area contributed by atoms with Crippen LogP contribution in [0.25, 0.3) is 22.3 Å². The standard InChI is InChI=1S/C41H49FN8O3/c1-23(2)44-39(52)30-18-34(32(42)14-25(30)5)46-38-37-35(43-22-49(37)24(3)4)19-33(45-38)27-10-11-31-36(15-27)50(40(53)41(31)20-48(21-41)26(6)51)29-16-28(17-29)47-12-8-7-9-13-47/h10-11,14-15,18-19,22-24,28-29H,7-9,12-13,16-17,20-21H2,1-6H3,(H,44,52)(H,45,46). The van der Waals surface area contributed by atoms with Crippen LogP contribution >= 0.6 is 0 Å². The molecule has 1 saturated carbocycles. The lowest BCUT2D eigenvalue weighted by Gasteiger charge is -2.50. The predicted molar refractivity (Wildman–Crippen MR) is 204 cm³/mol. The van der Waals surface area contributed by atoms with Crippen LogP contribution in [0.3, 0.4) is 0 Å². The highest BCUT2D eigenvalue weighted by molar-refractivity contribution is 6.11. The average molecular weight is 721 g/mol. The topological polar surface area (TPSA) is 116 Å². The second kappa shape index (κ2) is 13.2. The van der Waals surface area contributed by atoms with Gasteiger partial charge in [-0.25, -0.2) is 14.4 Å². The molecule has 0 unspecified atom stereocenters. The summed E-state index contributed by atoms with van der Waals surface area (Å²) in [5.41, 5.74) is 4.97. The van der Waals surface area contributed by atoms with E-state index in [1.165, 1.54) is 31.4 Å². The Labute approximate surface area is 309 Å². The zero-order valence-electron chi connectivity index (χ0n) is 31.5. The molecule has 1 spiro atoms. The van der Waals surface area contributed by atoms with Gasteiger partial charge in [-0.15, -0.1) is 0 Å². The fourth-order valence-corrected chi connectivity index (χ4v) is 8.76. The van der Waals surface area contributed by atoms with Crippen molar-refractivity contribution < 1.29 is 18.8 Å². The van der Waals surface area contributed by atoms with Gasteiger partial charge in [0.2, 0.25) is 11.8 Å². The molecule has 11 nitrogen and oxygen atoms in total. The molecule has 3 fully saturated rings. The van der Waals surface area contributed by atoms with Gasteiger partial charge in [-0.1, -0.05) is 18.6 Å². The highest BCUT2D eigenvalue weighted by Crippen LogP contribution is 2.51. The second-order valence-corrected chi connectivity index (χ2v) is 16.1. The number of nitrogens with one attached hydrogen (secondary N) is 2. The minimum atomic E-state index is -0.738. The summed E-state index contributed by atoms with van der Waals surface area (Å²) in [6.07, 6.45) is 7.38. The highest BCUT2D eigenvalue weighted by atomic mass is 19.1. The van der Waals surface area contributed by atoms with E-state index in [0.29, 0.717) is 52.8 Å². The minimum absolute atomic E-state index is 0.0232. The van der Waals surface area contributed by atoms with Crippen molar-refractivity contribution in [2.45, 2.75) is 103 Å². The summed E-state index contributed by atoms with van der Waals surface area (Å²) in [7, 11) is 0. The molecular formula is C41H49FN8O3. The summed E-state index contributed by atoms with van der Waals surface area (Å²) in [6.45, 7) is 14.2. The van der Waals surface area contributed by atoms with E-state index >= 15 is 4.39 Å². The lowest BCUT2D eigenvalue weighted by Crippen LogP contribution is -2.66. The van der Waals surface area contributed by atoms with Gasteiger partial charge in [0.1, 0.15) is 16.7 Å². The lowest BCUT2D eigenvalue weighted by atomic mass is 9.74. The summed E-state index contributed by atoms with van der Waals surface area (Å²) in [4.78, 5) is 56.0. The van der Waals surface area contributed by atoms with Crippen LogP contribution in [0.15, 0.2) is 42.7 Å². The number of pyridine rings is 1. The summed E-state index contributed by atoms with van der Waals surface area (Å²) in [5.74, 6) is -0.310. The molecular weight excluding hydrogens is 672 g/mol. The monoisotopic (exact) mass is 720 g/mol. The van der Waals surface area contributed by atoms with Gasteiger partial charge >= 0.3 is 0 Å². The van der Waals surface area contributed by atoms with Gasteiger partial charge in [-0.2, -0.15) is 0 Å². The number of amides is 3. The Morgan fingerprint density at radius 2 is 1.72 bits per heavy atom. The largest absolute Gasteiger partial charge is 0.350 e. The molecule has 2 aromatic heterocycles. The number of rotatable bonds is 8. The SMILES string of the molecule is CC(=O)N1CC2(C1)C(=O)N(C1CC(N3CCCCC3)C1)c1cc(-c3cc4ncn(C(C)C)c4c(Nc4cc(C(=O)NC(C)C)c(C)cc4F)n3)ccc12. The van der Waals surface area contributed by atoms with E-state index in [1.54, 1.807) is 25.1 Å². The van der Waals surface area contributed by atoms with E-state index in [4.69, 9.17) is 9.97 Å². The third kappa shape index (κ3) is 5.95. The molecule has 3 amide bonds. The Morgan fingerprint density at radius 3 is 2.40 bits per heavy atom. The Hall–Kier alpha value is -4.84. The zero-order valence-corrected chi connectivity index (χ0v) is 31.5. The molecule has 1 aliphatic carbocycles. The van der Waals surface area contributed by atoms with Crippen molar-refractivity contribution in [3.05, 3.63) is 65.2 Å². The van der Waals surface area contributed by atoms with Crippen molar-refractivity contribution in [1.29, 1.82) is 0 Å². The molecule has 3 aliphatic heterocycles. The number of halogens is 1. The maximum atomic E-state index is 15.6. The second-order valence-electron chi connectivity index (χ2n) is 16.1. The summed E-state index contributed by atoms with van der Waals surface area (Å²) >= 11 is 0. The number of piperidine rings is 1. The molecule has 2 aromatic carbocycles. The molecule has 0 radical (unpaired) electrons. The van der Waals surface area contributed by atoms with Crippen LogP contribution in [0.4, 0.5) is 21.6 Å². The number of nitrogens with zero attached hydrogens (tertiary/aromatic N) is 6. The van der Waals surface area contributed by atoms with E-state index in [9.17, 15) is 14.4 Å². The van der Waals surface area contributed by atoms with Crippen LogP contribution < -0.4 is 15.5 Å². The molecule has 8 rings (SSSR count). The average Bonchev–Trinajstić information content (AvgIpc) is 3.62. The number of aryl methyl sites for hydroxylation is 1. The number of imidazole rings is 1. The first-order valence-electron chi connectivity index (χ1n) is 19.1. The van der Waals surface area contributed by atoms with Crippen LogP contribution in [-0.4, -0.2) is 86.4 Å². The van der Waals surface area contributed by atoms with Gasteiger partial charge in [0.05, 0.1) is 23.2 Å². The Bertz CT molecular complexity index is 2120. The first kappa shape index (κ1) is 35.2. The maximum absolute atomic E-state index is 15.6. The molecule has 53 heavy (non-hydrogen) atoms. The van der Waals surface area contributed by atoms with E-state index < -0.39 is 11.2 Å². The number of carbonyl (C=O) groups excluding carboxylic acids is 3. The molecule has 0 atom stereocenters. The van der Waals surface area contributed by atoms with Crippen molar-refractivity contribution in [3.63, 3.8) is 0 Å². The van der Waals surface area contributed by atoms with Gasteiger partial charge in [0.25, 0.3) is 5.91 Å². The number of fused-ring (bicyclic) bond motifs is 3. The number of carbonyl (C=O) groups is 3. The normalized spacial score (nSPS) is 21.0. The molecule has 4 aromatic rings. The third-order valence-electron chi connectivity index (χ3n) is 11.8. The van der Waals surface area contributed by atoms with Crippen molar-refractivity contribution in [2.75, 3.05) is 36.4 Å². The van der Waals surface area contributed by atoms with Crippen molar-refractivity contribution in [2.24, 2.45) is 0 Å². The maximum Gasteiger partial charge on any atom is 0.251 e. The quantitative estimate of drug-likeness (QED) is 0.214. The van der Waals surface area contributed by atoms with Gasteiger partial charge in [-0.3, -0.25) is 14.4 Å². The molecule has 2 saturated heterocycles. The molecule has 0 bridgehead atoms. The number of hydrogen-bond acceptors (Lipinski definition) is 7. The number of aromatic nitrogens is 3. The third-order valence-corrected chi connectivity index (χ3v) is 11.8. The smallest absolute Gasteiger partial charge is 0.251 e. The summed E-state index contributed by atoms with van der Waals surface area (Å²) in [5, 5.41) is 6.14. The van der Waals surface area contributed by atoms with Gasteiger partial charge in [0, 0.05) is 61.0 Å². The summed E-state index contributed by atoms with van der Waals surface area (Å²) in [6, 6.07) is 11.5. The highest BCUT2D eigenvalue weighted by Gasteiger charge is 2.61. The van der Waals surface area contributed by atoms with E-state index in [1.807, 2.05) is 55.4 Å². The molecule has 5 heterocycles. The number of benzene rings is 2.